The molecule has 0 radical (unpaired) electrons. The molecule has 5 atom stereocenters. The summed E-state index contributed by atoms with van der Waals surface area (Å²) in [6.45, 7) is 9.99. The predicted octanol–water partition coefficient (Wildman–Crippen LogP) is 5.27. The maximum atomic E-state index is 12.3. The van der Waals surface area contributed by atoms with Crippen LogP contribution in [-0.2, 0) is 9.47 Å². The third-order valence-electron chi connectivity index (χ3n) is 6.42. The van der Waals surface area contributed by atoms with Gasteiger partial charge in [-0.1, -0.05) is 57.0 Å². The van der Waals surface area contributed by atoms with Gasteiger partial charge >= 0.3 is 6.09 Å². The van der Waals surface area contributed by atoms with Crippen LogP contribution in [-0.4, -0.2) is 25.4 Å². The Morgan fingerprint density at radius 1 is 1.31 bits per heavy atom. The molecule has 3 rings (SSSR count). The number of anilines is 1. The Kier molecular flexibility index (Phi) is 5.71. The summed E-state index contributed by atoms with van der Waals surface area (Å²) in [4.78, 5) is 12.3. The number of amides is 1. The summed E-state index contributed by atoms with van der Waals surface area (Å²) in [5.74, 6) is 1.17. The minimum Gasteiger partial charge on any atom is -0.449 e. The maximum Gasteiger partial charge on any atom is 0.411 e. The second kappa shape index (κ2) is 7.83. The van der Waals surface area contributed by atoms with Gasteiger partial charge in [0.05, 0.1) is 12.7 Å². The quantitative estimate of drug-likeness (QED) is 0.730. The van der Waals surface area contributed by atoms with E-state index < -0.39 is 6.09 Å². The van der Waals surface area contributed by atoms with E-state index in [1.54, 1.807) is 0 Å². The van der Waals surface area contributed by atoms with Crippen molar-refractivity contribution in [2.75, 3.05) is 18.5 Å². The van der Waals surface area contributed by atoms with Gasteiger partial charge in [0.2, 0.25) is 0 Å². The summed E-state index contributed by atoms with van der Waals surface area (Å²) in [5, 5.41) is 2.80. The Bertz CT molecular complexity index is 657. The fourth-order valence-corrected chi connectivity index (χ4v) is 4.81. The molecule has 1 fully saturated rings. The molecule has 1 aliphatic heterocycles. The lowest BCUT2D eigenvalue weighted by atomic mass is 9.56. The lowest BCUT2D eigenvalue weighted by Gasteiger charge is -2.55. The average molecular weight is 357 g/mol. The van der Waals surface area contributed by atoms with Crippen LogP contribution < -0.4 is 5.32 Å². The number of fused-ring (bicyclic) bond motifs is 2. The van der Waals surface area contributed by atoms with Crippen LogP contribution in [0.25, 0.3) is 0 Å². The first-order valence-corrected chi connectivity index (χ1v) is 9.76. The van der Waals surface area contributed by atoms with Gasteiger partial charge in [0.1, 0.15) is 6.61 Å². The van der Waals surface area contributed by atoms with Gasteiger partial charge in [0, 0.05) is 17.0 Å². The van der Waals surface area contributed by atoms with Crippen LogP contribution in [0.5, 0.6) is 0 Å². The Labute approximate surface area is 157 Å². The largest absolute Gasteiger partial charge is 0.449 e. The molecule has 2 bridgehead atoms. The Morgan fingerprint density at radius 3 is 2.73 bits per heavy atom. The smallest absolute Gasteiger partial charge is 0.411 e. The van der Waals surface area contributed by atoms with E-state index in [9.17, 15) is 4.79 Å². The van der Waals surface area contributed by atoms with E-state index in [-0.39, 0.29) is 11.5 Å². The zero-order valence-corrected chi connectivity index (χ0v) is 16.3. The van der Waals surface area contributed by atoms with Gasteiger partial charge in [0.15, 0.2) is 0 Å². The number of hydrogen-bond donors (Lipinski definition) is 1. The number of nitrogens with one attached hydrogen (secondary N) is 1. The summed E-state index contributed by atoms with van der Waals surface area (Å²) in [5.41, 5.74) is 2.02. The standard InChI is InChI=1S/C22H31NO3/c1-5-9-19-20-15(2)12-16(3)22(13-25-19,17(20)4)14-26-21(24)23-18-10-7-6-8-11-18/h6-8,10-12,16-17,19-20H,5,9,13-14H2,1-4H3,(H,23,24)/t16-,17-,19-,20+,22-/m1/s1. The third-order valence-corrected chi connectivity index (χ3v) is 6.42. The second-order valence-corrected chi connectivity index (χ2v) is 7.95. The molecule has 4 heteroatoms. The molecule has 4 nitrogen and oxygen atoms in total. The highest BCUT2D eigenvalue weighted by Gasteiger charge is 2.53. The zero-order chi connectivity index (χ0) is 18.7. The highest BCUT2D eigenvalue weighted by molar-refractivity contribution is 5.84. The number of allylic oxidation sites excluding steroid dienone is 1. The second-order valence-electron chi connectivity index (χ2n) is 7.95. The number of carbonyl (C=O) groups excluding carboxylic acids is 1. The molecule has 0 spiro atoms. The van der Waals surface area contributed by atoms with Crippen LogP contribution in [0.2, 0.25) is 0 Å². The van der Waals surface area contributed by atoms with Gasteiger partial charge < -0.3 is 9.47 Å². The molecule has 0 aromatic heterocycles. The number of benzene rings is 1. The monoisotopic (exact) mass is 357 g/mol. The van der Waals surface area contributed by atoms with Crippen LogP contribution >= 0.6 is 0 Å². The van der Waals surface area contributed by atoms with E-state index in [1.165, 1.54) is 5.57 Å². The normalized spacial score (nSPS) is 33.3. The summed E-state index contributed by atoms with van der Waals surface area (Å²) < 4.78 is 12.0. The van der Waals surface area contributed by atoms with Gasteiger partial charge in [-0.15, -0.1) is 0 Å². The molecule has 1 aromatic rings. The van der Waals surface area contributed by atoms with Crippen LogP contribution in [0.4, 0.5) is 10.5 Å². The van der Waals surface area contributed by atoms with Crippen molar-refractivity contribution >= 4 is 11.8 Å². The summed E-state index contributed by atoms with van der Waals surface area (Å²) >= 11 is 0. The summed E-state index contributed by atoms with van der Waals surface area (Å²) in [6, 6.07) is 9.40. The summed E-state index contributed by atoms with van der Waals surface area (Å²) in [7, 11) is 0. The SMILES string of the molecule is CCC[C@H]1OC[C@@]2(COC(=O)Nc3ccccc3)[C@H](C)C=C(C)[C@H]1[C@H]2C. The van der Waals surface area contributed by atoms with E-state index in [0.29, 0.717) is 31.0 Å². The van der Waals surface area contributed by atoms with Gasteiger partial charge in [-0.2, -0.15) is 0 Å². The predicted molar refractivity (Wildman–Crippen MR) is 104 cm³/mol. The van der Waals surface area contributed by atoms with Crippen molar-refractivity contribution in [2.24, 2.45) is 23.2 Å². The molecule has 1 amide bonds. The minimum atomic E-state index is -0.400. The lowest BCUT2D eigenvalue weighted by Crippen LogP contribution is -2.56. The van der Waals surface area contributed by atoms with Gasteiger partial charge in [0.25, 0.3) is 0 Å². The number of hydrogen-bond acceptors (Lipinski definition) is 3. The maximum absolute atomic E-state index is 12.3. The molecule has 1 aromatic carbocycles. The van der Waals surface area contributed by atoms with Crippen molar-refractivity contribution in [1.29, 1.82) is 0 Å². The Morgan fingerprint density at radius 2 is 2.04 bits per heavy atom. The molecule has 0 unspecified atom stereocenters. The van der Waals surface area contributed by atoms with Crippen molar-refractivity contribution in [3.63, 3.8) is 0 Å². The molecule has 2 aliphatic rings. The van der Waals surface area contributed by atoms with Crippen molar-refractivity contribution in [3.8, 4) is 0 Å². The minimum absolute atomic E-state index is 0.150. The van der Waals surface area contributed by atoms with Crippen LogP contribution in [0.3, 0.4) is 0 Å². The molecule has 1 saturated heterocycles. The zero-order valence-electron chi connectivity index (χ0n) is 16.3. The third kappa shape index (κ3) is 3.52. The molecule has 1 heterocycles. The van der Waals surface area contributed by atoms with E-state index in [1.807, 2.05) is 30.3 Å². The van der Waals surface area contributed by atoms with Crippen LogP contribution in [0, 0.1) is 23.2 Å². The van der Waals surface area contributed by atoms with Crippen molar-refractivity contribution in [1.82, 2.24) is 0 Å². The molecular formula is C22H31NO3. The number of carbonyl (C=O) groups is 1. The summed E-state index contributed by atoms with van der Waals surface area (Å²) in [6.07, 6.45) is 4.46. The van der Waals surface area contributed by atoms with E-state index >= 15 is 0 Å². The molecule has 26 heavy (non-hydrogen) atoms. The number of ether oxygens (including phenoxy) is 2. The topological polar surface area (TPSA) is 47.6 Å². The molecule has 0 saturated carbocycles. The number of rotatable bonds is 5. The van der Waals surface area contributed by atoms with Gasteiger partial charge in [-0.3, -0.25) is 5.32 Å². The highest BCUT2D eigenvalue weighted by atomic mass is 16.6. The van der Waals surface area contributed by atoms with Crippen LogP contribution in [0.15, 0.2) is 42.0 Å². The average Bonchev–Trinajstić information content (AvgIpc) is 2.61. The van der Waals surface area contributed by atoms with Gasteiger partial charge in [-0.25, -0.2) is 4.79 Å². The van der Waals surface area contributed by atoms with Gasteiger partial charge in [-0.05, 0) is 37.3 Å². The van der Waals surface area contributed by atoms with E-state index in [4.69, 9.17) is 9.47 Å². The van der Waals surface area contributed by atoms with Crippen molar-refractivity contribution < 1.29 is 14.3 Å². The Balaban J connectivity index is 1.71. The Hall–Kier alpha value is -1.81. The van der Waals surface area contributed by atoms with E-state index in [0.717, 1.165) is 18.5 Å². The first-order valence-electron chi connectivity index (χ1n) is 9.76. The lowest BCUT2D eigenvalue weighted by molar-refractivity contribution is -0.164. The first kappa shape index (κ1) is 19.0. The van der Waals surface area contributed by atoms with Crippen molar-refractivity contribution in [2.45, 2.75) is 46.6 Å². The molecular weight excluding hydrogens is 326 g/mol. The van der Waals surface area contributed by atoms with Crippen LogP contribution in [0.1, 0.15) is 40.5 Å². The highest BCUT2D eigenvalue weighted by Crippen LogP contribution is 2.53. The molecule has 1 aliphatic carbocycles. The fraction of sp³-hybridized carbons (Fsp3) is 0.591. The molecule has 1 N–H and O–H groups in total. The number of para-hydroxylation sites is 1. The van der Waals surface area contributed by atoms with E-state index in [2.05, 4.69) is 39.1 Å². The fourth-order valence-electron chi connectivity index (χ4n) is 4.81. The molecule has 142 valence electrons. The van der Waals surface area contributed by atoms with Crippen molar-refractivity contribution in [3.05, 3.63) is 42.0 Å². The first-order chi connectivity index (χ1) is 12.5.